The number of fused-ring (bicyclic) bond motifs is 2. The first kappa shape index (κ1) is 39.1. The molecule has 2 fully saturated rings. The van der Waals surface area contributed by atoms with Crippen LogP contribution in [0.15, 0.2) is 48.7 Å². The van der Waals surface area contributed by atoms with Crippen molar-refractivity contribution in [3.63, 3.8) is 0 Å². The van der Waals surface area contributed by atoms with Crippen molar-refractivity contribution in [2.45, 2.75) is 38.4 Å². The van der Waals surface area contributed by atoms with Gasteiger partial charge in [0.1, 0.15) is 29.7 Å². The van der Waals surface area contributed by atoms with E-state index in [1.165, 1.54) is 30.3 Å². The number of phenolic OH excluding ortho intramolecular Hbond substituents is 1. The number of rotatable bonds is 15. The maximum absolute atomic E-state index is 15.3. The number of aromatic nitrogens is 3. The summed E-state index contributed by atoms with van der Waals surface area (Å²) in [6.07, 6.45) is 1.82. The number of phenols is 1. The lowest BCUT2D eigenvalue weighted by atomic mass is 10.0. The van der Waals surface area contributed by atoms with E-state index in [1.807, 2.05) is 0 Å². The molecule has 3 aliphatic heterocycles. The van der Waals surface area contributed by atoms with E-state index in [2.05, 4.69) is 35.3 Å². The molecule has 20 nitrogen and oxygen atoms in total. The van der Waals surface area contributed by atoms with E-state index in [0.717, 1.165) is 9.96 Å². The van der Waals surface area contributed by atoms with Crippen molar-refractivity contribution in [2.24, 2.45) is 0 Å². The van der Waals surface area contributed by atoms with Gasteiger partial charge >= 0.3 is 0 Å². The number of hydroxylamine groups is 1. The van der Waals surface area contributed by atoms with Crippen molar-refractivity contribution in [3.05, 3.63) is 71.3 Å². The fourth-order valence-corrected chi connectivity index (χ4v) is 6.61. The second-order valence-corrected chi connectivity index (χ2v) is 13.3. The van der Waals surface area contributed by atoms with Crippen LogP contribution in [0.5, 0.6) is 5.75 Å². The van der Waals surface area contributed by atoms with Crippen LogP contribution in [-0.4, -0.2) is 99.5 Å². The minimum Gasteiger partial charge on any atom is -0.506 e. The largest absolute Gasteiger partial charge is 0.506 e. The number of aromatic hydroxyl groups is 1. The monoisotopic (exact) mass is 807 g/mol. The van der Waals surface area contributed by atoms with Crippen LogP contribution in [0.25, 0.3) is 10.8 Å². The molecule has 0 bridgehead atoms. The molecule has 7 rings (SSSR count). The topological polar surface area (TPSA) is 245 Å². The van der Waals surface area contributed by atoms with E-state index < -0.39 is 53.7 Å². The van der Waals surface area contributed by atoms with Crippen LogP contribution < -0.4 is 25.7 Å². The van der Waals surface area contributed by atoms with E-state index in [-0.39, 0.29) is 73.7 Å². The summed E-state index contributed by atoms with van der Waals surface area (Å²) >= 11 is 0.508. The smallest absolute Gasteiger partial charge is 0.264 e. The number of nitrogens with one attached hydrogen (secondary N) is 4. The van der Waals surface area contributed by atoms with Crippen molar-refractivity contribution in [1.82, 2.24) is 29.9 Å². The zero-order valence-electron chi connectivity index (χ0n) is 29.8. The quantitative estimate of drug-likeness (QED) is 0.0377. The van der Waals surface area contributed by atoms with Gasteiger partial charge in [0, 0.05) is 23.2 Å². The first-order chi connectivity index (χ1) is 27.6. The highest BCUT2D eigenvalue weighted by atomic mass is 32.2. The number of carbonyl (C=O) groups excluding carboxylic acids is 6. The number of hydrogen-bond donors (Lipinski definition) is 5. The summed E-state index contributed by atoms with van der Waals surface area (Å²) in [5.41, 5.74) is 1.24. The number of nitrogens with zero attached hydrogens (tertiary/aromatic N) is 5. The summed E-state index contributed by atoms with van der Waals surface area (Å²) < 4.78 is 35.0. The van der Waals surface area contributed by atoms with Crippen LogP contribution >= 0.6 is 12.2 Å². The van der Waals surface area contributed by atoms with Gasteiger partial charge in [-0.3, -0.25) is 43.7 Å². The van der Waals surface area contributed by atoms with E-state index in [0.29, 0.717) is 47.8 Å². The number of amides is 6. The van der Waals surface area contributed by atoms with E-state index in [9.17, 15) is 33.9 Å². The maximum atomic E-state index is 15.3. The second-order valence-electron chi connectivity index (χ2n) is 12.8. The van der Waals surface area contributed by atoms with Gasteiger partial charge in [0.25, 0.3) is 17.7 Å². The van der Waals surface area contributed by atoms with Crippen LogP contribution in [0.3, 0.4) is 0 Å². The molecule has 298 valence electrons. The molecule has 6 amide bonds. The SMILES string of the molecule is O=C1CN(c2c(O)cc3cc(NC(=O)CCOCCOCCn4cc(CNc5cccc6c5C(=O)N(C5CCC(=O)NC5=O)C6=O)nn4)ccc3c2F)OOSN1. The Morgan fingerprint density at radius 1 is 1.04 bits per heavy atom. The summed E-state index contributed by atoms with van der Waals surface area (Å²) in [6, 6.07) is 9.41. The molecule has 5 N–H and O–H groups in total. The minimum absolute atomic E-state index is 0.0285. The molecule has 1 aromatic heterocycles. The Kier molecular flexibility index (Phi) is 11.9. The van der Waals surface area contributed by atoms with Gasteiger partial charge in [-0.2, -0.15) is 0 Å². The third-order valence-corrected chi connectivity index (χ3v) is 9.43. The summed E-state index contributed by atoms with van der Waals surface area (Å²) in [5.74, 6) is -4.58. The molecular weight excluding hydrogens is 774 g/mol. The number of carbonyl (C=O) groups is 6. The standard InChI is InChI=1S/C35H34FN9O11S/c36-31-22-5-4-20(14-19(22)15-26(46)32(31)44-18-29(49)41-57-56-55-44)38-28(48)8-10-53-12-13-54-11-9-43-17-21(40-42-43)16-37-24-3-1-2-23-30(24)35(52)45(34(23)51)25-6-7-27(47)39-33(25)50/h1-5,14-15,17,25,37,46H,6-13,16,18H2,(H,38,48)(H,41,49)(H,39,47,50). The first-order valence-electron chi connectivity index (χ1n) is 17.5. The average molecular weight is 808 g/mol. The van der Waals surface area contributed by atoms with Gasteiger partial charge < -0.3 is 25.2 Å². The van der Waals surface area contributed by atoms with E-state index in [4.69, 9.17) is 14.5 Å². The Labute approximate surface area is 326 Å². The normalized spacial score (nSPS) is 17.1. The van der Waals surface area contributed by atoms with Crippen molar-refractivity contribution >= 4 is 75.5 Å². The number of ether oxygens (including phenoxy) is 2. The van der Waals surface area contributed by atoms with E-state index in [1.54, 1.807) is 23.0 Å². The fourth-order valence-electron chi connectivity index (χ4n) is 6.32. The molecule has 4 heterocycles. The summed E-state index contributed by atoms with van der Waals surface area (Å²) in [7, 11) is 0. The summed E-state index contributed by atoms with van der Waals surface area (Å²) in [6.45, 7) is 1.04. The number of hydrogen-bond acceptors (Lipinski definition) is 16. The Morgan fingerprint density at radius 2 is 1.86 bits per heavy atom. The highest BCUT2D eigenvalue weighted by Crippen LogP contribution is 2.38. The van der Waals surface area contributed by atoms with E-state index >= 15 is 4.39 Å². The Morgan fingerprint density at radius 3 is 2.68 bits per heavy atom. The third kappa shape index (κ3) is 8.79. The molecule has 4 aromatic rings. The van der Waals surface area contributed by atoms with Crippen LogP contribution in [0.1, 0.15) is 45.7 Å². The lowest BCUT2D eigenvalue weighted by molar-refractivity contribution is -0.201. The van der Waals surface area contributed by atoms with Gasteiger partial charge in [-0.1, -0.05) is 16.3 Å². The minimum atomic E-state index is -1.06. The zero-order chi connectivity index (χ0) is 40.1. The Balaban J connectivity index is 0.800. The van der Waals surface area contributed by atoms with Crippen molar-refractivity contribution in [3.8, 4) is 5.75 Å². The van der Waals surface area contributed by atoms with Crippen molar-refractivity contribution in [1.29, 1.82) is 0 Å². The molecule has 1 unspecified atom stereocenters. The van der Waals surface area contributed by atoms with Crippen LogP contribution in [0, 0.1) is 5.82 Å². The Bertz CT molecular complexity index is 2260. The number of piperidine rings is 1. The van der Waals surface area contributed by atoms with Gasteiger partial charge in [0.2, 0.25) is 17.7 Å². The van der Waals surface area contributed by atoms with Gasteiger partial charge in [-0.25, -0.2) is 14.1 Å². The van der Waals surface area contributed by atoms with Gasteiger partial charge in [-0.15, -0.1) is 9.43 Å². The number of halogens is 1. The fraction of sp³-hybridized carbons (Fsp3) is 0.314. The van der Waals surface area contributed by atoms with Crippen LogP contribution in [0.4, 0.5) is 21.5 Å². The highest BCUT2D eigenvalue weighted by molar-refractivity contribution is 7.93. The molecule has 2 saturated heterocycles. The molecule has 3 aromatic carbocycles. The second kappa shape index (κ2) is 17.3. The molecule has 22 heteroatoms. The lowest BCUT2D eigenvalue weighted by Crippen LogP contribution is -2.54. The first-order valence-corrected chi connectivity index (χ1v) is 18.3. The average Bonchev–Trinajstić information content (AvgIpc) is 3.66. The van der Waals surface area contributed by atoms with Crippen LogP contribution in [-0.2, 0) is 51.1 Å². The van der Waals surface area contributed by atoms with Crippen molar-refractivity contribution < 1.29 is 57.1 Å². The van der Waals surface area contributed by atoms with Gasteiger partial charge in [0.15, 0.2) is 18.0 Å². The van der Waals surface area contributed by atoms with Gasteiger partial charge in [0.05, 0.1) is 63.3 Å². The lowest BCUT2D eigenvalue weighted by Gasteiger charge is -2.27. The molecule has 3 aliphatic rings. The summed E-state index contributed by atoms with van der Waals surface area (Å²) in [4.78, 5) is 80.4. The summed E-state index contributed by atoms with van der Waals surface area (Å²) in [5, 5.41) is 27.9. The predicted molar refractivity (Wildman–Crippen MR) is 196 cm³/mol. The number of benzene rings is 3. The Hall–Kier alpha value is -6.20. The van der Waals surface area contributed by atoms with Gasteiger partial charge in [-0.05, 0) is 48.2 Å². The maximum Gasteiger partial charge on any atom is 0.264 e. The molecule has 0 aliphatic carbocycles. The third-order valence-electron chi connectivity index (χ3n) is 8.99. The predicted octanol–water partition coefficient (Wildman–Crippen LogP) is 1.71. The van der Waals surface area contributed by atoms with Crippen molar-refractivity contribution in [2.75, 3.05) is 48.7 Å². The molecule has 57 heavy (non-hydrogen) atoms. The molecule has 0 saturated carbocycles. The molecule has 1 atom stereocenters. The number of imide groups is 2. The van der Waals surface area contributed by atoms with Crippen LogP contribution in [0.2, 0.25) is 0 Å². The molecule has 0 radical (unpaired) electrons. The molecule has 0 spiro atoms. The number of anilines is 3. The zero-order valence-corrected chi connectivity index (χ0v) is 30.6. The highest BCUT2D eigenvalue weighted by Gasteiger charge is 2.45. The molecular formula is C35H34FN9O11S.